The van der Waals surface area contributed by atoms with E-state index in [4.69, 9.17) is 0 Å². The maximum Gasteiger partial charge on any atom is 0.251 e. The fourth-order valence-electron chi connectivity index (χ4n) is 3.26. The molecule has 1 N–H and O–H groups in total. The molecular weight excluding hydrogens is 324 g/mol. The summed E-state index contributed by atoms with van der Waals surface area (Å²) in [7, 11) is 0. The van der Waals surface area contributed by atoms with Crippen LogP contribution in [0.1, 0.15) is 49.2 Å². The van der Waals surface area contributed by atoms with Gasteiger partial charge in [0.2, 0.25) is 5.91 Å². The number of fused-ring (bicyclic) bond motifs is 1. The molecular formula is C22H26N2O2. The van der Waals surface area contributed by atoms with Crippen LogP contribution in [0.5, 0.6) is 0 Å². The van der Waals surface area contributed by atoms with Gasteiger partial charge in [0.15, 0.2) is 0 Å². The van der Waals surface area contributed by atoms with Gasteiger partial charge in [-0.05, 0) is 48.1 Å². The number of nitrogens with one attached hydrogen (secondary N) is 1. The third-order valence-electron chi connectivity index (χ3n) is 4.88. The van der Waals surface area contributed by atoms with Crippen molar-refractivity contribution in [2.45, 2.75) is 45.6 Å². The second-order valence-electron chi connectivity index (χ2n) is 7.89. The highest BCUT2D eigenvalue weighted by Crippen LogP contribution is 2.28. The molecule has 1 atom stereocenters. The first-order valence-electron chi connectivity index (χ1n) is 9.08. The van der Waals surface area contributed by atoms with E-state index < -0.39 is 6.04 Å². The third-order valence-corrected chi connectivity index (χ3v) is 4.88. The van der Waals surface area contributed by atoms with E-state index in [-0.39, 0.29) is 17.2 Å². The minimum Gasteiger partial charge on any atom is -0.341 e. The Kier molecular flexibility index (Phi) is 4.86. The number of hydrogen-bond donors (Lipinski definition) is 1. The van der Waals surface area contributed by atoms with Crippen LogP contribution in [0.15, 0.2) is 48.5 Å². The van der Waals surface area contributed by atoms with Crippen molar-refractivity contribution < 1.29 is 9.59 Å². The van der Waals surface area contributed by atoms with E-state index in [1.54, 1.807) is 11.8 Å². The molecule has 136 valence electrons. The molecule has 2 aromatic rings. The molecule has 0 saturated heterocycles. The predicted octanol–water partition coefficient (Wildman–Crippen LogP) is 3.69. The highest BCUT2D eigenvalue weighted by molar-refractivity contribution is 6.03. The zero-order valence-corrected chi connectivity index (χ0v) is 15.9. The first-order valence-corrected chi connectivity index (χ1v) is 9.08. The number of carbonyl (C=O) groups is 2. The van der Waals surface area contributed by atoms with E-state index >= 15 is 0 Å². The summed E-state index contributed by atoms with van der Waals surface area (Å²) in [5.41, 5.74) is 3.91. The van der Waals surface area contributed by atoms with Gasteiger partial charge in [-0.1, -0.05) is 51.1 Å². The lowest BCUT2D eigenvalue weighted by atomic mass is 9.86. The fourth-order valence-corrected chi connectivity index (χ4v) is 3.26. The van der Waals surface area contributed by atoms with Gasteiger partial charge in [0.05, 0.1) is 0 Å². The third kappa shape index (κ3) is 3.64. The molecule has 0 aliphatic carbocycles. The molecule has 2 amide bonds. The molecule has 2 aromatic carbocycles. The Labute approximate surface area is 155 Å². The van der Waals surface area contributed by atoms with Crippen LogP contribution in [-0.4, -0.2) is 24.4 Å². The molecule has 0 fully saturated rings. The predicted molar refractivity (Wildman–Crippen MR) is 105 cm³/mol. The maximum absolute atomic E-state index is 12.8. The van der Waals surface area contributed by atoms with Gasteiger partial charge in [-0.15, -0.1) is 0 Å². The van der Waals surface area contributed by atoms with E-state index in [2.05, 4.69) is 26.1 Å². The Hall–Kier alpha value is -2.62. The van der Waals surface area contributed by atoms with Gasteiger partial charge < -0.3 is 10.2 Å². The first-order chi connectivity index (χ1) is 12.3. The summed E-state index contributed by atoms with van der Waals surface area (Å²) >= 11 is 0. The van der Waals surface area contributed by atoms with Gasteiger partial charge in [-0.2, -0.15) is 0 Å². The van der Waals surface area contributed by atoms with Crippen LogP contribution in [0.2, 0.25) is 0 Å². The zero-order valence-electron chi connectivity index (χ0n) is 15.9. The van der Waals surface area contributed by atoms with Crippen LogP contribution in [0, 0.1) is 0 Å². The van der Waals surface area contributed by atoms with E-state index in [0.29, 0.717) is 12.1 Å². The van der Waals surface area contributed by atoms with Gasteiger partial charge in [-0.25, -0.2) is 0 Å². The summed E-state index contributed by atoms with van der Waals surface area (Å²) in [6.07, 6.45) is 0.858. The van der Waals surface area contributed by atoms with Crippen LogP contribution >= 0.6 is 0 Å². The molecule has 1 aliphatic heterocycles. The highest BCUT2D eigenvalue weighted by Gasteiger charge is 2.28. The van der Waals surface area contributed by atoms with Crippen molar-refractivity contribution in [2.75, 3.05) is 11.4 Å². The SMILES string of the molecule is CC(NC(=O)c1ccc(C(C)(C)C)cc1)C(=O)N1CCc2ccccc21. The van der Waals surface area contributed by atoms with Crippen molar-refractivity contribution in [1.29, 1.82) is 0 Å². The standard InChI is InChI=1S/C22H26N2O2/c1-15(21(26)24-14-13-16-7-5-6-8-19(16)24)23-20(25)17-9-11-18(12-10-17)22(2,3)4/h5-12,15H,13-14H2,1-4H3,(H,23,25). The zero-order chi connectivity index (χ0) is 18.9. The number of benzene rings is 2. The van der Waals surface area contributed by atoms with E-state index in [1.165, 1.54) is 11.1 Å². The summed E-state index contributed by atoms with van der Waals surface area (Å²) in [6.45, 7) is 8.81. The minimum atomic E-state index is -0.573. The number of para-hydroxylation sites is 1. The maximum atomic E-state index is 12.8. The molecule has 26 heavy (non-hydrogen) atoms. The van der Waals surface area contributed by atoms with Gasteiger partial charge in [0.1, 0.15) is 6.04 Å². The van der Waals surface area contributed by atoms with Crippen LogP contribution in [0.3, 0.4) is 0 Å². The number of amides is 2. The quantitative estimate of drug-likeness (QED) is 0.918. The topological polar surface area (TPSA) is 49.4 Å². The second kappa shape index (κ2) is 6.94. The number of hydrogen-bond acceptors (Lipinski definition) is 2. The fraction of sp³-hybridized carbons (Fsp3) is 0.364. The van der Waals surface area contributed by atoms with Crippen LogP contribution in [-0.2, 0) is 16.6 Å². The molecule has 0 aromatic heterocycles. The van der Waals surface area contributed by atoms with Crippen molar-refractivity contribution >= 4 is 17.5 Å². The van der Waals surface area contributed by atoms with Crippen LogP contribution in [0.4, 0.5) is 5.69 Å². The summed E-state index contributed by atoms with van der Waals surface area (Å²) in [5.74, 6) is -0.298. The average Bonchev–Trinajstić information content (AvgIpc) is 3.04. The van der Waals surface area contributed by atoms with Crippen molar-refractivity contribution in [1.82, 2.24) is 5.32 Å². The van der Waals surface area contributed by atoms with E-state index in [9.17, 15) is 9.59 Å². The molecule has 0 spiro atoms. The largest absolute Gasteiger partial charge is 0.341 e. The molecule has 0 saturated carbocycles. The van der Waals surface area contributed by atoms with E-state index in [0.717, 1.165) is 12.1 Å². The molecule has 0 bridgehead atoms. The Balaban J connectivity index is 1.67. The Bertz CT molecular complexity index is 819. The molecule has 0 radical (unpaired) electrons. The summed E-state index contributed by atoms with van der Waals surface area (Å²) in [5, 5.41) is 2.83. The lowest BCUT2D eigenvalue weighted by molar-refractivity contribution is -0.119. The van der Waals surface area contributed by atoms with E-state index in [1.807, 2.05) is 48.5 Å². The smallest absolute Gasteiger partial charge is 0.251 e. The average molecular weight is 350 g/mol. The molecule has 1 unspecified atom stereocenters. The van der Waals surface area contributed by atoms with Crippen molar-refractivity contribution in [3.8, 4) is 0 Å². The van der Waals surface area contributed by atoms with Gasteiger partial charge >= 0.3 is 0 Å². The van der Waals surface area contributed by atoms with Crippen molar-refractivity contribution in [3.63, 3.8) is 0 Å². The molecule has 1 heterocycles. The normalized spacial score (nSPS) is 14.7. The van der Waals surface area contributed by atoms with Gasteiger partial charge in [-0.3, -0.25) is 9.59 Å². The molecule has 3 rings (SSSR count). The highest BCUT2D eigenvalue weighted by atomic mass is 16.2. The van der Waals surface area contributed by atoms with Crippen molar-refractivity contribution in [3.05, 3.63) is 65.2 Å². The number of anilines is 1. The molecule has 4 nitrogen and oxygen atoms in total. The Morgan fingerprint density at radius 1 is 1.04 bits per heavy atom. The summed E-state index contributed by atoms with van der Waals surface area (Å²) < 4.78 is 0. The van der Waals surface area contributed by atoms with Crippen molar-refractivity contribution in [2.24, 2.45) is 0 Å². The second-order valence-corrected chi connectivity index (χ2v) is 7.89. The van der Waals surface area contributed by atoms with Crippen LogP contribution in [0.25, 0.3) is 0 Å². The summed E-state index contributed by atoms with van der Waals surface area (Å²) in [4.78, 5) is 27.0. The van der Waals surface area contributed by atoms with Gasteiger partial charge in [0, 0.05) is 17.8 Å². The Morgan fingerprint density at radius 3 is 2.35 bits per heavy atom. The lowest BCUT2D eigenvalue weighted by Crippen LogP contribution is -2.46. The first kappa shape index (κ1) is 18.2. The Morgan fingerprint density at radius 2 is 1.69 bits per heavy atom. The van der Waals surface area contributed by atoms with Crippen LogP contribution < -0.4 is 10.2 Å². The minimum absolute atomic E-state index is 0.0431. The molecule has 4 heteroatoms. The number of nitrogens with zero attached hydrogens (tertiary/aromatic N) is 1. The number of carbonyl (C=O) groups excluding carboxylic acids is 2. The molecule has 1 aliphatic rings. The number of rotatable bonds is 3. The lowest BCUT2D eigenvalue weighted by Gasteiger charge is -2.23. The summed E-state index contributed by atoms with van der Waals surface area (Å²) in [6, 6.07) is 14.9. The monoisotopic (exact) mass is 350 g/mol. The van der Waals surface area contributed by atoms with Gasteiger partial charge in [0.25, 0.3) is 5.91 Å².